The van der Waals surface area contributed by atoms with E-state index in [1.54, 1.807) is 0 Å². The van der Waals surface area contributed by atoms with E-state index in [1.807, 2.05) is 13.8 Å². The lowest BCUT2D eigenvalue weighted by Crippen LogP contribution is -2.15. The summed E-state index contributed by atoms with van der Waals surface area (Å²) >= 11 is 0. The van der Waals surface area contributed by atoms with Crippen LogP contribution in [0.4, 0.5) is 0 Å². The van der Waals surface area contributed by atoms with E-state index in [2.05, 4.69) is 37.3 Å². The van der Waals surface area contributed by atoms with Crippen molar-refractivity contribution >= 4 is 0 Å². The normalized spacial score (nSPS) is 24.6. The van der Waals surface area contributed by atoms with E-state index in [0.29, 0.717) is 0 Å². The second-order valence-electron chi connectivity index (χ2n) is 6.33. The largest absolute Gasteiger partial charge is 0.197 e. The highest BCUT2D eigenvalue weighted by Gasteiger charge is 2.22. The van der Waals surface area contributed by atoms with E-state index in [-0.39, 0.29) is 5.41 Å². The molecule has 0 spiro atoms. The van der Waals surface area contributed by atoms with E-state index in [0.717, 1.165) is 17.4 Å². The van der Waals surface area contributed by atoms with Gasteiger partial charge in [-0.25, -0.2) is 0 Å². The van der Waals surface area contributed by atoms with Crippen LogP contribution in [0.1, 0.15) is 63.5 Å². The highest BCUT2D eigenvalue weighted by molar-refractivity contribution is 5.34. The fourth-order valence-corrected chi connectivity index (χ4v) is 2.97. The van der Waals surface area contributed by atoms with Gasteiger partial charge in [0.2, 0.25) is 0 Å². The zero-order valence-corrected chi connectivity index (χ0v) is 11.7. The van der Waals surface area contributed by atoms with Crippen molar-refractivity contribution in [3.63, 3.8) is 0 Å². The van der Waals surface area contributed by atoms with Crippen molar-refractivity contribution in [2.75, 3.05) is 0 Å². The van der Waals surface area contributed by atoms with Crippen molar-refractivity contribution in [3.05, 3.63) is 35.4 Å². The van der Waals surface area contributed by atoms with Gasteiger partial charge in [-0.05, 0) is 49.7 Å². The first-order valence-electron chi connectivity index (χ1n) is 7.04. The summed E-state index contributed by atoms with van der Waals surface area (Å²) in [7, 11) is 0. The molecule has 0 amide bonds. The van der Waals surface area contributed by atoms with Gasteiger partial charge in [-0.3, -0.25) is 0 Å². The Morgan fingerprint density at radius 3 is 2.39 bits per heavy atom. The molecule has 96 valence electrons. The summed E-state index contributed by atoms with van der Waals surface area (Å²) in [4.78, 5) is 0. The molecule has 0 aliphatic heterocycles. The standard InChI is InChI=1S/C17H23N/c1-13-5-4-6-15(11-13)14-7-9-16(10-8-14)17(2,3)12-18/h7-10,13,15H,4-6,11H2,1-3H3. The molecular formula is C17H23N. The van der Waals surface area contributed by atoms with Gasteiger partial charge in [-0.2, -0.15) is 5.26 Å². The second-order valence-corrected chi connectivity index (χ2v) is 6.33. The summed E-state index contributed by atoms with van der Waals surface area (Å²) in [5.74, 6) is 1.59. The predicted octanol–water partition coefficient (Wildman–Crippen LogP) is 4.78. The summed E-state index contributed by atoms with van der Waals surface area (Å²) < 4.78 is 0. The monoisotopic (exact) mass is 241 g/mol. The lowest BCUT2D eigenvalue weighted by atomic mass is 9.78. The minimum Gasteiger partial charge on any atom is -0.197 e. The Morgan fingerprint density at radius 2 is 1.83 bits per heavy atom. The van der Waals surface area contributed by atoms with E-state index in [1.165, 1.54) is 31.2 Å². The smallest absolute Gasteiger partial charge is 0.0766 e. The third kappa shape index (κ3) is 2.75. The van der Waals surface area contributed by atoms with Crippen molar-refractivity contribution in [3.8, 4) is 6.07 Å². The summed E-state index contributed by atoms with van der Waals surface area (Å²) in [6, 6.07) is 11.1. The zero-order valence-electron chi connectivity index (χ0n) is 11.7. The Morgan fingerprint density at radius 1 is 1.17 bits per heavy atom. The number of benzene rings is 1. The van der Waals surface area contributed by atoms with Crippen LogP contribution >= 0.6 is 0 Å². The Balaban J connectivity index is 2.15. The molecule has 1 nitrogen and oxygen atoms in total. The highest BCUT2D eigenvalue weighted by Crippen LogP contribution is 2.36. The maximum absolute atomic E-state index is 9.15. The number of rotatable bonds is 2. The first kappa shape index (κ1) is 13.1. The second kappa shape index (κ2) is 5.14. The average Bonchev–Trinajstić information content (AvgIpc) is 2.39. The zero-order chi connectivity index (χ0) is 13.2. The van der Waals surface area contributed by atoms with Crippen LogP contribution in [0.2, 0.25) is 0 Å². The molecule has 0 heterocycles. The van der Waals surface area contributed by atoms with Crippen molar-refractivity contribution in [2.24, 2.45) is 5.92 Å². The van der Waals surface area contributed by atoms with Gasteiger partial charge in [0, 0.05) is 0 Å². The van der Waals surface area contributed by atoms with Crippen LogP contribution in [0.3, 0.4) is 0 Å². The topological polar surface area (TPSA) is 23.8 Å². The Kier molecular flexibility index (Phi) is 3.76. The number of nitriles is 1. The SMILES string of the molecule is CC1CCCC(c2ccc(C(C)(C)C#N)cc2)C1. The molecule has 1 aliphatic carbocycles. The van der Waals surface area contributed by atoms with Crippen molar-refractivity contribution in [1.82, 2.24) is 0 Å². The predicted molar refractivity (Wildman–Crippen MR) is 75.5 cm³/mol. The van der Waals surface area contributed by atoms with Gasteiger partial charge in [0.25, 0.3) is 0 Å². The molecule has 1 heteroatoms. The molecule has 1 saturated carbocycles. The number of hydrogen-bond acceptors (Lipinski definition) is 1. The van der Waals surface area contributed by atoms with Crippen molar-refractivity contribution in [1.29, 1.82) is 5.26 Å². The van der Waals surface area contributed by atoms with E-state index in [4.69, 9.17) is 5.26 Å². The van der Waals surface area contributed by atoms with Crippen LogP contribution in [-0.2, 0) is 5.41 Å². The van der Waals surface area contributed by atoms with Crippen LogP contribution in [0.25, 0.3) is 0 Å². The maximum Gasteiger partial charge on any atom is 0.0766 e. The van der Waals surface area contributed by atoms with E-state index in [9.17, 15) is 0 Å². The molecule has 1 aromatic rings. The fraction of sp³-hybridized carbons (Fsp3) is 0.588. The average molecular weight is 241 g/mol. The molecule has 2 unspecified atom stereocenters. The van der Waals surface area contributed by atoms with Crippen LogP contribution in [-0.4, -0.2) is 0 Å². The van der Waals surface area contributed by atoms with Gasteiger partial charge < -0.3 is 0 Å². The molecule has 1 aliphatic rings. The van der Waals surface area contributed by atoms with Gasteiger partial charge in [0.15, 0.2) is 0 Å². The van der Waals surface area contributed by atoms with Crippen LogP contribution < -0.4 is 0 Å². The Hall–Kier alpha value is -1.29. The molecule has 18 heavy (non-hydrogen) atoms. The lowest BCUT2D eigenvalue weighted by molar-refractivity contribution is 0.344. The number of nitrogens with zero attached hydrogens (tertiary/aromatic N) is 1. The van der Waals surface area contributed by atoms with Gasteiger partial charge in [-0.1, -0.05) is 44.0 Å². The third-order valence-corrected chi connectivity index (χ3v) is 4.32. The molecular weight excluding hydrogens is 218 g/mol. The van der Waals surface area contributed by atoms with Gasteiger partial charge in [0.05, 0.1) is 11.5 Å². The molecule has 1 aromatic carbocycles. The minimum atomic E-state index is -0.377. The van der Waals surface area contributed by atoms with Crippen LogP contribution in [0, 0.1) is 17.2 Å². The van der Waals surface area contributed by atoms with Gasteiger partial charge in [-0.15, -0.1) is 0 Å². The van der Waals surface area contributed by atoms with Crippen LogP contribution in [0.15, 0.2) is 24.3 Å². The molecule has 2 rings (SSSR count). The fourth-order valence-electron chi connectivity index (χ4n) is 2.97. The first-order valence-corrected chi connectivity index (χ1v) is 7.04. The quantitative estimate of drug-likeness (QED) is 0.731. The Labute approximate surface area is 111 Å². The summed E-state index contributed by atoms with van der Waals surface area (Å²) in [6.45, 7) is 6.31. The maximum atomic E-state index is 9.15. The molecule has 0 saturated heterocycles. The summed E-state index contributed by atoms with van der Waals surface area (Å²) in [5.41, 5.74) is 2.20. The lowest BCUT2D eigenvalue weighted by Gasteiger charge is -2.27. The molecule has 0 N–H and O–H groups in total. The molecule has 0 bridgehead atoms. The molecule has 2 atom stereocenters. The van der Waals surface area contributed by atoms with Crippen molar-refractivity contribution in [2.45, 2.75) is 57.8 Å². The van der Waals surface area contributed by atoms with Gasteiger partial charge in [0.1, 0.15) is 0 Å². The molecule has 1 fully saturated rings. The molecule has 0 aromatic heterocycles. The number of hydrogen-bond donors (Lipinski definition) is 0. The molecule has 0 radical (unpaired) electrons. The van der Waals surface area contributed by atoms with Crippen LogP contribution in [0.5, 0.6) is 0 Å². The first-order chi connectivity index (χ1) is 8.53. The van der Waals surface area contributed by atoms with Gasteiger partial charge >= 0.3 is 0 Å². The highest BCUT2D eigenvalue weighted by atomic mass is 14.3. The van der Waals surface area contributed by atoms with E-state index < -0.39 is 0 Å². The van der Waals surface area contributed by atoms with Crippen molar-refractivity contribution < 1.29 is 0 Å². The third-order valence-electron chi connectivity index (χ3n) is 4.32. The Bertz CT molecular complexity index is 436. The minimum absolute atomic E-state index is 0.377. The summed E-state index contributed by atoms with van der Waals surface area (Å²) in [5, 5.41) is 9.15. The summed E-state index contributed by atoms with van der Waals surface area (Å²) in [6.07, 6.45) is 5.39. The van der Waals surface area contributed by atoms with E-state index >= 15 is 0 Å².